The van der Waals surface area contributed by atoms with Crippen molar-refractivity contribution in [1.82, 2.24) is 0 Å². The maximum absolute atomic E-state index is 10.6. The van der Waals surface area contributed by atoms with Gasteiger partial charge in [-0.05, 0) is 51.3 Å². The van der Waals surface area contributed by atoms with Crippen LogP contribution >= 0.6 is 0 Å². The van der Waals surface area contributed by atoms with E-state index in [0.717, 1.165) is 29.7 Å². The number of fused-ring (bicyclic) bond motifs is 3. The first kappa shape index (κ1) is 16.9. The molecule has 2 unspecified atom stereocenters. The Hall–Kier alpha value is -1.92. The number of benzene rings is 1. The van der Waals surface area contributed by atoms with E-state index in [9.17, 15) is 5.11 Å². The predicted molar refractivity (Wildman–Crippen MR) is 95.2 cm³/mol. The third-order valence-corrected chi connectivity index (χ3v) is 5.22. The van der Waals surface area contributed by atoms with Crippen LogP contribution < -0.4 is 4.74 Å². The van der Waals surface area contributed by atoms with Gasteiger partial charge in [0.15, 0.2) is 0 Å². The number of aliphatic hydroxyl groups is 1. The van der Waals surface area contributed by atoms with E-state index in [0.29, 0.717) is 30.4 Å². The van der Waals surface area contributed by atoms with E-state index < -0.39 is 0 Å². The second-order valence-electron chi connectivity index (χ2n) is 7.44. The Morgan fingerprint density at radius 1 is 1.29 bits per heavy atom. The zero-order chi connectivity index (χ0) is 17.3. The lowest BCUT2D eigenvalue weighted by molar-refractivity contribution is 0.00754. The first-order valence-electron chi connectivity index (χ1n) is 8.69. The molecule has 3 rings (SSSR count). The highest BCUT2D eigenvalue weighted by molar-refractivity contribution is 5.53. The number of phenols is 1. The molecule has 1 aromatic carbocycles. The van der Waals surface area contributed by atoms with Gasteiger partial charge >= 0.3 is 0 Å². The average molecular weight is 326 g/mol. The SMILES string of the molecule is CC1=CCC2C(C1)c1c(O)cc(CC#CCCO)cc1OC2(C)C. The van der Waals surface area contributed by atoms with Gasteiger partial charge in [-0.1, -0.05) is 17.6 Å². The molecule has 3 nitrogen and oxygen atoms in total. The summed E-state index contributed by atoms with van der Waals surface area (Å²) >= 11 is 0. The summed E-state index contributed by atoms with van der Waals surface area (Å²) in [5.74, 6) is 7.77. The lowest BCUT2D eigenvalue weighted by Gasteiger charge is -2.47. The molecule has 0 fully saturated rings. The lowest BCUT2D eigenvalue weighted by atomic mass is 9.67. The molecule has 1 aliphatic heterocycles. The van der Waals surface area contributed by atoms with Crippen molar-refractivity contribution in [3.63, 3.8) is 0 Å². The first-order valence-corrected chi connectivity index (χ1v) is 8.69. The van der Waals surface area contributed by atoms with E-state index in [-0.39, 0.29) is 12.2 Å². The fraction of sp³-hybridized carbons (Fsp3) is 0.524. The number of allylic oxidation sites excluding steroid dienone is 2. The van der Waals surface area contributed by atoms with E-state index in [4.69, 9.17) is 9.84 Å². The van der Waals surface area contributed by atoms with Crippen LogP contribution in [0.5, 0.6) is 11.5 Å². The topological polar surface area (TPSA) is 49.7 Å². The summed E-state index contributed by atoms with van der Waals surface area (Å²) in [6.45, 7) is 6.54. The zero-order valence-electron chi connectivity index (χ0n) is 14.7. The highest BCUT2D eigenvalue weighted by atomic mass is 16.5. The molecule has 1 aromatic rings. The van der Waals surface area contributed by atoms with Crippen LogP contribution in [0.1, 0.15) is 57.1 Å². The van der Waals surface area contributed by atoms with Gasteiger partial charge in [0.05, 0.1) is 6.61 Å². The van der Waals surface area contributed by atoms with Crippen molar-refractivity contribution in [2.24, 2.45) is 5.92 Å². The Morgan fingerprint density at radius 2 is 2.08 bits per heavy atom. The van der Waals surface area contributed by atoms with Crippen LogP contribution in [0.3, 0.4) is 0 Å². The van der Waals surface area contributed by atoms with E-state index >= 15 is 0 Å². The van der Waals surface area contributed by atoms with Gasteiger partial charge in [-0.3, -0.25) is 0 Å². The number of rotatable bonds is 2. The van der Waals surface area contributed by atoms with Crippen LogP contribution in [-0.2, 0) is 6.42 Å². The van der Waals surface area contributed by atoms with Gasteiger partial charge in [-0.2, -0.15) is 0 Å². The van der Waals surface area contributed by atoms with Crippen molar-refractivity contribution in [1.29, 1.82) is 0 Å². The average Bonchev–Trinajstić information content (AvgIpc) is 2.50. The number of hydrogen-bond donors (Lipinski definition) is 2. The molecule has 2 N–H and O–H groups in total. The first-order chi connectivity index (χ1) is 11.4. The summed E-state index contributed by atoms with van der Waals surface area (Å²) in [6.07, 6.45) is 5.32. The molecule has 1 aliphatic carbocycles. The quantitative estimate of drug-likeness (QED) is 0.639. The number of aliphatic hydroxyl groups excluding tert-OH is 1. The summed E-state index contributed by atoms with van der Waals surface area (Å²) in [4.78, 5) is 0. The number of hydrogen-bond acceptors (Lipinski definition) is 3. The van der Waals surface area contributed by atoms with Crippen molar-refractivity contribution in [2.75, 3.05) is 6.61 Å². The highest BCUT2D eigenvalue weighted by Crippen LogP contribution is 2.54. The monoisotopic (exact) mass is 326 g/mol. The minimum absolute atomic E-state index is 0.0790. The summed E-state index contributed by atoms with van der Waals surface area (Å²) in [5, 5.41) is 19.4. The van der Waals surface area contributed by atoms with Crippen LogP contribution in [0.15, 0.2) is 23.8 Å². The molecular formula is C21H26O3. The Kier molecular flexibility index (Phi) is 4.60. The minimum atomic E-state index is -0.248. The van der Waals surface area contributed by atoms with Crippen LogP contribution in [0.4, 0.5) is 0 Å². The Labute approximate surface area is 144 Å². The fourth-order valence-electron chi connectivity index (χ4n) is 4.03. The summed E-state index contributed by atoms with van der Waals surface area (Å²) in [5.41, 5.74) is 3.05. The van der Waals surface area contributed by atoms with Crippen LogP contribution in [0.25, 0.3) is 0 Å². The standard InChI is InChI=1S/C21H26O3/c1-14-8-9-17-16(11-14)20-18(23)12-15(7-5-4-6-10-22)13-19(20)24-21(17,2)3/h8,12-13,16-17,22-23H,6-7,9-11H2,1-3H3. The van der Waals surface area contributed by atoms with Crippen molar-refractivity contribution in [3.05, 3.63) is 34.9 Å². The predicted octanol–water partition coefficient (Wildman–Crippen LogP) is 3.93. The fourth-order valence-corrected chi connectivity index (χ4v) is 4.03. The molecule has 1 heterocycles. The maximum Gasteiger partial charge on any atom is 0.127 e. The molecule has 0 radical (unpaired) electrons. The summed E-state index contributed by atoms with van der Waals surface area (Å²) in [6, 6.07) is 3.84. The second-order valence-corrected chi connectivity index (χ2v) is 7.44. The normalized spacial score (nSPS) is 23.9. The van der Waals surface area contributed by atoms with Gasteiger partial charge in [0.1, 0.15) is 17.1 Å². The Morgan fingerprint density at radius 3 is 2.83 bits per heavy atom. The van der Waals surface area contributed by atoms with E-state index in [1.807, 2.05) is 12.1 Å². The Balaban J connectivity index is 1.96. The van der Waals surface area contributed by atoms with E-state index in [1.54, 1.807) is 0 Å². The van der Waals surface area contributed by atoms with Crippen LogP contribution in [-0.4, -0.2) is 22.4 Å². The zero-order valence-corrected chi connectivity index (χ0v) is 14.7. The van der Waals surface area contributed by atoms with Gasteiger partial charge in [0, 0.05) is 30.2 Å². The molecule has 2 aliphatic rings. The molecule has 0 amide bonds. The van der Waals surface area contributed by atoms with Gasteiger partial charge in [-0.15, -0.1) is 5.92 Å². The molecule has 3 heteroatoms. The second kappa shape index (κ2) is 6.53. The largest absolute Gasteiger partial charge is 0.508 e. The third kappa shape index (κ3) is 3.16. The van der Waals surface area contributed by atoms with Gasteiger partial charge in [0.25, 0.3) is 0 Å². The van der Waals surface area contributed by atoms with Crippen LogP contribution in [0.2, 0.25) is 0 Å². The molecule has 0 saturated carbocycles. The minimum Gasteiger partial charge on any atom is -0.508 e. The molecule has 0 bridgehead atoms. The number of phenolic OH excluding ortho intramolecular Hbond substituents is 1. The van der Waals surface area contributed by atoms with Crippen molar-refractivity contribution in [3.8, 4) is 23.3 Å². The van der Waals surface area contributed by atoms with Crippen molar-refractivity contribution >= 4 is 0 Å². The molecule has 24 heavy (non-hydrogen) atoms. The molecular weight excluding hydrogens is 300 g/mol. The third-order valence-electron chi connectivity index (χ3n) is 5.22. The lowest BCUT2D eigenvalue weighted by Crippen LogP contribution is -2.45. The van der Waals surface area contributed by atoms with Crippen molar-refractivity contribution in [2.45, 2.75) is 58.0 Å². The smallest absolute Gasteiger partial charge is 0.127 e. The molecule has 0 aromatic heterocycles. The number of ether oxygens (including phenoxy) is 1. The molecule has 0 spiro atoms. The van der Waals surface area contributed by atoms with Gasteiger partial charge < -0.3 is 14.9 Å². The molecule has 128 valence electrons. The highest BCUT2D eigenvalue weighted by Gasteiger charge is 2.45. The summed E-state index contributed by atoms with van der Waals surface area (Å²) in [7, 11) is 0. The molecule has 0 saturated heterocycles. The van der Waals surface area contributed by atoms with Gasteiger partial charge in [0.2, 0.25) is 0 Å². The van der Waals surface area contributed by atoms with Crippen LogP contribution in [0, 0.1) is 17.8 Å². The van der Waals surface area contributed by atoms with E-state index in [1.165, 1.54) is 5.57 Å². The number of aromatic hydroxyl groups is 1. The van der Waals surface area contributed by atoms with Crippen molar-refractivity contribution < 1.29 is 14.9 Å². The Bertz CT molecular complexity index is 719. The maximum atomic E-state index is 10.6. The van der Waals surface area contributed by atoms with Gasteiger partial charge in [-0.25, -0.2) is 0 Å². The summed E-state index contributed by atoms with van der Waals surface area (Å²) < 4.78 is 6.30. The van der Waals surface area contributed by atoms with E-state index in [2.05, 4.69) is 38.7 Å². The molecule has 2 atom stereocenters.